The first-order valence-electron chi connectivity index (χ1n) is 9.34. The van der Waals surface area contributed by atoms with Crippen LogP contribution in [0.5, 0.6) is 0 Å². The van der Waals surface area contributed by atoms with Gasteiger partial charge in [-0.05, 0) is 31.6 Å². The van der Waals surface area contributed by atoms with E-state index in [1.54, 1.807) is 6.20 Å². The van der Waals surface area contributed by atoms with Crippen LogP contribution in [0.15, 0.2) is 6.20 Å². The Balaban J connectivity index is 1.54. The summed E-state index contributed by atoms with van der Waals surface area (Å²) in [4.78, 5) is 15.2. The Labute approximate surface area is 142 Å². The highest BCUT2D eigenvalue weighted by atomic mass is 16.5. The summed E-state index contributed by atoms with van der Waals surface area (Å²) >= 11 is 0. The molecule has 3 atom stereocenters. The van der Waals surface area contributed by atoms with Crippen LogP contribution in [0.4, 0.5) is 0 Å². The van der Waals surface area contributed by atoms with Crippen LogP contribution in [0.1, 0.15) is 66.9 Å². The van der Waals surface area contributed by atoms with Gasteiger partial charge in [0.25, 0.3) is 5.91 Å². The zero-order valence-corrected chi connectivity index (χ0v) is 14.1. The molecule has 1 saturated heterocycles. The summed E-state index contributed by atoms with van der Waals surface area (Å²) in [5.74, 6) is 0.766. The molecule has 6 nitrogen and oxygen atoms in total. The van der Waals surface area contributed by atoms with Crippen molar-refractivity contribution in [1.29, 1.82) is 0 Å². The van der Waals surface area contributed by atoms with Gasteiger partial charge in [0.1, 0.15) is 0 Å². The van der Waals surface area contributed by atoms with Crippen LogP contribution in [0.3, 0.4) is 0 Å². The highest BCUT2D eigenvalue weighted by Crippen LogP contribution is 2.37. The molecule has 2 N–H and O–H groups in total. The van der Waals surface area contributed by atoms with E-state index in [1.165, 1.54) is 19.3 Å². The van der Waals surface area contributed by atoms with E-state index in [0.717, 1.165) is 36.9 Å². The van der Waals surface area contributed by atoms with Crippen LogP contribution >= 0.6 is 0 Å². The maximum Gasteiger partial charge on any atom is 0.257 e. The number of nitrogens with one attached hydrogen (secondary N) is 1. The first kappa shape index (κ1) is 16.1. The molecular weight excluding hydrogens is 306 g/mol. The largest absolute Gasteiger partial charge is 0.396 e. The molecule has 0 radical (unpaired) electrons. The van der Waals surface area contributed by atoms with Crippen molar-refractivity contribution in [1.82, 2.24) is 15.1 Å². The van der Waals surface area contributed by atoms with Gasteiger partial charge in [-0.1, -0.05) is 19.3 Å². The van der Waals surface area contributed by atoms with E-state index in [0.29, 0.717) is 19.1 Å². The number of hydrogen-bond donors (Lipinski definition) is 2. The monoisotopic (exact) mass is 333 g/mol. The average Bonchev–Trinajstić information content (AvgIpc) is 3.28. The first-order chi connectivity index (χ1) is 11.8. The zero-order chi connectivity index (χ0) is 16.5. The van der Waals surface area contributed by atoms with E-state index in [-0.39, 0.29) is 30.6 Å². The molecule has 2 aliphatic carbocycles. The fourth-order valence-corrected chi connectivity index (χ4v) is 4.78. The molecule has 1 aromatic heterocycles. The van der Waals surface area contributed by atoms with Gasteiger partial charge in [0, 0.05) is 19.1 Å². The summed E-state index contributed by atoms with van der Waals surface area (Å²) in [7, 11) is 0. The van der Waals surface area contributed by atoms with Crippen molar-refractivity contribution in [2.24, 2.45) is 5.92 Å². The first-order valence-corrected chi connectivity index (χ1v) is 9.34. The van der Waals surface area contributed by atoms with E-state index < -0.39 is 0 Å². The predicted molar refractivity (Wildman–Crippen MR) is 88.8 cm³/mol. The summed E-state index contributed by atoms with van der Waals surface area (Å²) in [6.45, 7) is 1.40. The standard InChI is InChI=1S/C18H27N3O3/c22-11-12-8-15-16(9-12)24-7-6-21(15)18(23)14-10-19-20-17(14)13-4-2-1-3-5-13/h10,12-13,15-16,22H,1-9,11H2,(H,19,20)/t12-,15+,16?/m1/s1. The molecule has 6 heteroatoms. The van der Waals surface area contributed by atoms with Gasteiger partial charge in [0.15, 0.2) is 0 Å². The summed E-state index contributed by atoms with van der Waals surface area (Å²) in [6.07, 6.45) is 9.52. The summed E-state index contributed by atoms with van der Waals surface area (Å²) in [5.41, 5.74) is 1.77. The smallest absolute Gasteiger partial charge is 0.257 e. The van der Waals surface area contributed by atoms with Crippen LogP contribution < -0.4 is 0 Å². The highest BCUT2D eigenvalue weighted by molar-refractivity contribution is 5.95. The quantitative estimate of drug-likeness (QED) is 0.887. The Morgan fingerprint density at radius 3 is 2.96 bits per heavy atom. The number of amides is 1. The molecular formula is C18H27N3O3. The lowest BCUT2D eigenvalue weighted by molar-refractivity contribution is -0.0449. The van der Waals surface area contributed by atoms with Gasteiger partial charge in [0.05, 0.1) is 36.2 Å². The van der Waals surface area contributed by atoms with Gasteiger partial charge >= 0.3 is 0 Å². The molecule has 3 aliphatic rings. The van der Waals surface area contributed by atoms with Gasteiger partial charge in [-0.3, -0.25) is 9.89 Å². The maximum absolute atomic E-state index is 13.2. The number of hydrogen-bond acceptors (Lipinski definition) is 4. The van der Waals surface area contributed by atoms with E-state index in [1.807, 2.05) is 4.90 Å². The van der Waals surface area contributed by atoms with Crippen molar-refractivity contribution < 1.29 is 14.6 Å². The van der Waals surface area contributed by atoms with Crippen molar-refractivity contribution in [2.45, 2.75) is 63.0 Å². The molecule has 24 heavy (non-hydrogen) atoms. The summed E-state index contributed by atoms with van der Waals surface area (Å²) < 4.78 is 5.85. The third-order valence-corrected chi connectivity index (χ3v) is 6.07. The van der Waals surface area contributed by atoms with Gasteiger partial charge < -0.3 is 14.7 Å². The Bertz CT molecular complexity index is 582. The summed E-state index contributed by atoms with van der Waals surface area (Å²) in [6, 6.07) is 0.0949. The minimum absolute atomic E-state index is 0.0740. The maximum atomic E-state index is 13.2. The van der Waals surface area contributed by atoms with Crippen LogP contribution in [0.25, 0.3) is 0 Å². The fourth-order valence-electron chi connectivity index (χ4n) is 4.78. The van der Waals surface area contributed by atoms with Gasteiger partial charge in [-0.2, -0.15) is 5.10 Å². The van der Waals surface area contributed by atoms with Crippen molar-refractivity contribution in [3.8, 4) is 0 Å². The van der Waals surface area contributed by atoms with Crippen LogP contribution in [-0.2, 0) is 4.74 Å². The predicted octanol–water partition coefficient (Wildman–Crippen LogP) is 2.07. The third-order valence-electron chi connectivity index (χ3n) is 6.07. The molecule has 0 spiro atoms. The van der Waals surface area contributed by atoms with Crippen molar-refractivity contribution >= 4 is 5.91 Å². The van der Waals surface area contributed by atoms with Crippen LogP contribution in [-0.4, -0.2) is 58.0 Å². The lowest BCUT2D eigenvalue weighted by atomic mass is 9.85. The molecule has 1 amide bonds. The topological polar surface area (TPSA) is 78.5 Å². The molecule has 0 aromatic carbocycles. The van der Waals surface area contributed by atoms with Crippen molar-refractivity contribution in [2.75, 3.05) is 19.8 Å². The average molecular weight is 333 g/mol. The Morgan fingerprint density at radius 1 is 1.33 bits per heavy atom. The van der Waals surface area contributed by atoms with Crippen LogP contribution in [0, 0.1) is 5.92 Å². The lowest BCUT2D eigenvalue weighted by Crippen LogP contribution is -2.51. The normalized spacial score (nSPS) is 31.2. The van der Waals surface area contributed by atoms with Gasteiger partial charge in [0.2, 0.25) is 0 Å². The number of H-pyrrole nitrogens is 1. The molecule has 4 rings (SSSR count). The number of fused-ring (bicyclic) bond motifs is 1. The summed E-state index contributed by atoms with van der Waals surface area (Å²) in [5, 5.41) is 16.8. The zero-order valence-electron chi connectivity index (χ0n) is 14.1. The number of nitrogens with zero attached hydrogens (tertiary/aromatic N) is 2. The molecule has 0 bridgehead atoms. The molecule has 1 aromatic rings. The number of aliphatic hydroxyl groups excluding tert-OH is 1. The lowest BCUT2D eigenvalue weighted by Gasteiger charge is -2.37. The molecule has 1 aliphatic heterocycles. The SMILES string of the molecule is O=C(c1cn[nH]c1C1CCCCC1)N1CCOC2C[C@H](CO)C[C@@H]21. The van der Waals surface area contributed by atoms with E-state index in [4.69, 9.17) is 4.74 Å². The van der Waals surface area contributed by atoms with E-state index in [9.17, 15) is 9.90 Å². The molecule has 132 valence electrons. The molecule has 2 heterocycles. The van der Waals surface area contributed by atoms with Gasteiger partial charge in [-0.25, -0.2) is 0 Å². The number of ether oxygens (including phenoxy) is 1. The second-order valence-electron chi connectivity index (χ2n) is 7.53. The third kappa shape index (κ3) is 2.86. The Kier molecular flexibility index (Phi) is 4.59. The Morgan fingerprint density at radius 2 is 2.17 bits per heavy atom. The second kappa shape index (κ2) is 6.84. The molecule has 3 fully saturated rings. The fraction of sp³-hybridized carbons (Fsp3) is 0.778. The number of morpholine rings is 1. The minimum atomic E-state index is 0.0740. The van der Waals surface area contributed by atoms with Gasteiger partial charge in [-0.15, -0.1) is 0 Å². The van der Waals surface area contributed by atoms with Crippen molar-refractivity contribution in [3.63, 3.8) is 0 Å². The number of aromatic amines is 1. The molecule has 2 saturated carbocycles. The number of aromatic nitrogens is 2. The Hall–Kier alpha value is -1.40. The second-order valence-corrected chi connectivity index (χ2v) is 7.53. The molecule has 1 unspecified atom stereocenters. The van der Waals surface area contributed by atoms with E-state index >= 15 is 0 Å². The number of carbonyl (C=O) groups excluding carboxylic acids is 1. The van der Waals surface area contributed by atoms with Crippen LogP contribution in [0.2, 0.25) is 0 Å². The van der Waals surface area contributed by atoms with E-state index in [2.05, 4.69) is 10.2 Å². The number of carbonyl (C=O) groups is 1. The number of aliphatic hydroxyl groups is 1. The minimum Gasteiger partial charge on any atom is -0.396 e. The van der Waals surface area contributed by atoms with Crippen molar-refractivity contribution in [3.05, 3.63) is 17.5 Å². The highest BCUT2D eigenvalue weighted by Gasteiger charge is 2.43. The number of rotatable bonds is 3.